The maximum Gasteiger partial charge on any atom is 0.326 e. The molecule has 1 amide bonds. The van der Waals surface area contributed by atoms with Crippen LogP contribution in [-0.2, 0) is 14.3 Å². The molecule has 0 aliphatic carbocycles. The van der Waals surface area contributed by atoms with E-state index in [1.54, 1.807) is 42.5 Å². The third-order valence-electron chi connectivity index (χ3n) is 4.75. The van der Waals surface area contributed by atoms with Gasteiger partial charge in [0.15, 0.2) is 23.9 Å². The number of ether oxygens (including phenoxy) is 4. The van der Waals surface area contributed by atoms with Crippen molar-refractivity contribution in [1.29, 1.82) is 0 Å². The number of carbonyl (C=O) groups excluding carboxylic acids is 3. The predicted molar refractivity (Wildman–Crippen MR) is 106 cm³/mol. The second-order valence-electron chi connectivity index (χ2n) is 6.84. The molecule has 30 heavy (non-hydrogen) atoms. The quantitative estimate of drug-likeness (QED) is 0.551. The van der Waals surface area contributed by atoms with E-state index in [-0.39, 0.29) is 31.3 Å². The molecule has 0 bridgehead atoms. The molecule has 0 aromatic heterocycles. The van der Waals surface area contributed by atoms with Crippen molar-refractivity contribution in [3.8, 4) is 17.2 Å². The predicted octanol–water partition coefficient (Wildman–Crippen LogP) is 2.39. The number of ketones is 1. The molecule has 4 rings (SSSR count). The standard InChI is InChI=1S/C22H21NO7/c24-17(15-6-7-19-20(12-15)28-10-3-9-27-19)14-30-22(26)13-23-16-4-1-2-5-18(16)29-11-8-21(23)25/h1-2,4-7,12H,3,8-11,13-14H2. The van der Waals surface area contributed by atoms with Gasteiger partial charge in [-0.2, -0.15) is 0 Å². The van der Waals surface area contributed by atoms with Gasteiger partial charge in [0.2, 0.25) is 5.91 Å². The minimum atomic E-state index is -0.678. The third-order valence-corrected chi connectivity index (χ3v) is 4.75. The van der Waals surface area contributed by atoms with Gasteiger partial charge in [-0.05, 0) is 30.3 Å². The van der Waals surface area contributed by atoms with Crippen molar-refractivity contribution in [2.45, 2.75) is 12.8 Å². The molecule has 2 aliphatic rings. The zero-order valence-electron chi connectivity index (χ0n) is 16.3. The van der Waals surface area contributed by atoms with Gasteiger partial charge in [-0.3, -0.25) is 19.3 Å². The van der Waals surface area contributed by atoms with Gasteiger partial charge < -0.3 is 18.9 Å². The zero-order valence-corrected chi connectivity index (χ0v) is 16.3. The summed E-state index contributed by atoms with van der Waals surface area (Å²) in [5.74, 6) is 0.316. The van der Waals surface area contributed by atoms with Crippen LogP contribution < -0.4 is 19.1 Å². The average Bonchev–Trinajstić information content (AvgIpc) is 3.08. The normalized spacial score (nSPS) is 15.3. The van der Waals surface area contributed by atoms with E-state index >= 15 is 0 Å². The lowest BCUT2D eigenvalue weighted by Gasteiger charge is -2.20. The molecule has 8 heteroatoms. The van der Waals surface area contributed by atoms with E-state index in [1.807, 2.05) is 0 Å². The number of hydrogen-bond donors (Lipinski definition) is 0. The van der Waals surface area contributed by atoms with Crippen molar-refractivity contribution in [2.24, 2.45) is 0 Å². The molecule has 2 aromatic carbocycles. The highest BCUT2D eigenvalue weighted by molar-refractivity contribution is 6.01. The summed E-state index contributed by atoms with van der Waals surface area (Å²) in [5.41, 5.74) is 0.864. The van der Waals surface area contributed by atoms with E-state index in [1.165, 1.54) is 4.90 Å². The van der Waals surface area contributed by atoms with Crippen LogP contribution in [0.3, 0.4) is 0 Å². The summed E-state index contributed by atoms with van der Waals surface area (Å²) in [7, 11) is 0. The Morgan fingerprint density at radius 1 is 0.933 bits per heavy atom. The van der Waals surface area contributed by atoms with E-state index in [9.17, 15) is 14.4 Å². The van der Waals surface area contributed by atoms with Crippen LogP contribution in [0.15, 0.2) is 42.5 Å². The lowest BCUT2D eigenvalue weighted by molar-refractivity contribution is -0.141. The molecule has 0 unspecified atom stereocenters. The van der Waals surface area contributed by atoms with Crippen LogP contribution in [0.25, 0.3) is 0 Å². The maximum absolute atomic E-state index is 12.5. The second-order valence-corrected chi connectivity index (χ2v) is 6.84. The van der Waals surface area contributed by atoms with Crippen molar-refractivity contribution in [2.75, 3.05) is 37.9 Å². The van der Waals surface area contributed by atoms with Gasteiger partial charge >= 0.3 is 5.97 Å². The number of carbonyl (C=O) groups is 3. The molecule has 2 aliphatic heterocycles. The summed E-state index contributed by atoms with van der Waals surface area (Å²) in [4.78, 5) is 38.5. The van der Waals surface area contributed by atoms with Crippen LogP contribution in [0.2, 0.25) is 0 Å². The molecular formula is C22H21NO7. The number of hydrogen-bond acceptors (Lipinski definition) is 7. The monoisotopic (exact) mass is 411 g/mol. The van der Waals surface area contributed by atoms with Gasteiger partial charge in [0, 0.05) is 12.0 Å². The Balaban J connectivity index is 1.38. The fraction of sp³-hybridized carbons (Fsp3) is 0.318. The lowest BCUT2D eigenvalue weighted by atomic mass is 10.1. The summed E-state index contributed by atoms with van der Waals surface area (Å²) in [6.45, 7) is 0.576. The Morgan fingerprint density at radius 3 is 2.57 bits per heavy atom. The van der Waals surface area contributed by atoms with Gasteiger partial charge in [-0.25, -0.2) is 0 Å². The van der Waals surface area contributed by atoms with Gasteiger partial charge in [-0.1, -0.05) is 12.1 Å². The fourth-order valence-corrected chi connectivity index (χ4v) is 3.23. The first-order valence-electron chi connectivity index (χ1n) is 9.72. The van der Waals surface area contributed by atoms with Crippen molar-refractivity contribution >= 4 is 23.3 Å². The number of para-hydroxylation sites is 2. The van der Waals surface area contributed by atoms with Crippen molar-refractivity contribution in [3.63, 3.8) is 0 Å². The van der Waals surface area contributed by atoms with Gasteiger partial charge in [0.25, 0.3) is 0 Å². The van der Waals surface area contributed by atoms with Crippen LogP contribution in [0.1, 0.15) is 23.2 Å². The summed E-state index contributed by atoms with van der Waals surface area (Å²) in [6, 6.07) is 11.8. The molecule has 0 fully saturated rings. The van der Waals surface area contributed by atoms with Crippen LogP contribution in [0.5, 0.6) is 17.2 Å². The molecule has 2 aromatic rings. The first-order valence-corrected chi connectivity index (χ1v) is 9.72. The molecule has 8 nitrogen and oxygen atoms in total. The summed E-state index contributed by atoms with van der Waals surface area (Å²) in [6.07, 6.45) is 0.914. The number of rotatable bonds is 5. The highest BCUT2D eigenvalue weighted by Crippen LogP contribution is 2.31. The highest BCUT2D eigenvalue weighted by Gasteiger charge is 2.26. The molecular weight excluding hydrogens is 390 g/mol. The summed E-state index contributed by atoms with van der Waals surface area (Å²) in [5, 5.41) is 0. The molecule has 156 valence electrons. The zero-order chi connectivity index (χ0) is 20.9. The van der Waals surface area contributed by atoms with Crippen molar-refractivity contribution in [1.82, 2.24) is 0 Å². The number of nitrogens with zero attached hydrogens (tertiary/aromatic N) is 1. The Bertz CT molecular complexity index is 972. The SMILES string of the molecule is O=C(CN1C(=O)CCOc2ccccc21)OCC(=O)c1ccc2c(c1)OCCCO2. The number of amides is 1. The molecule has 0 N–H and O–H groups in total. The Hall–Kier alpha value is -3.55. The van der Waals surface area contributed by atoms with Gasteiger partial charge in [0.1, 0.15) is 12.3 Å². The number of esters is 1. The Morgan fingerprint density at radius 2 is 1.70 bits per heavy atom. The van der Waals surface area contributed by atoms with Crippen LogP contribution in [0.4, 0.5) is 5.69 Å². The molecule has 0 spiro atoms. The van der Waals surface area contributed by atoms with E-state index in [0.717, 1.165) is 6.42 Å². The average molecular weight is 411 g/mol. The summed E-state index contributed by atoms with van der Waals surface area (Å²) < 4.78 is 21.8. The number of fused-ring (bicyclic) bond motifs is 2. The maximum atomic E-state index is 12.5. The number of anilines is 1. The van der Waals surface area contributed by atoms with E-state index < -0.39 is 12.6 Å². The minimum absolute atomic E-state index is 0.151. The molecule has 0 saturated carbocycles. The van der Waals surface area contributed by atoms with Crippen LogP contribution >= 0.6 is 0 Å². The number of Topliss-reactive ketones (excluding diaryl/α,β-unsaturated/α-hetero) is 1. The molecule has 0 atom stereocenters. The van der Waals surface area contributed by atoms with Crippen molar-refractivity contribution < 1.29 is 33.3 Å². The lowest BCUT2D eigenvalue weighted by Crippen LogP contribution is -2.36. The fourth-order valence-electron chi connectivity index (χ4n) is 3.23. The third kappa shape index (κ3) is 4.37. The minimum Gasteiger partial charge on any atom is -0.491 e. The highest BCUT2D eigenvalue weighted by atomic mass is 16.5. The Labute approximate surface area is 173 Å². The van der Waals surface area contributed by atoms with Crippen LogP contribution in [-0.4, -0.2) is 50.6 Å². The molecule has 0 saturated heterocycles. The topological polar surface area (TPSA) is 91.4 Å². The van der Waals surface area contributed by atoms with Gasteiger partial charge in [0.05, 0.1) is 31.9 Å². The first kappa shape index (κ1) is 19.8. The molecule has 0 radical (unpaired) electrons. The largest absolute Gasteiger partial charge is 0.491 e. The van der Waals surface area contributed by atoms with E-state index in [0.29, 0.717) is 41.7 Å². The van der Waals surface area contributed by atoms with E-state index in [4.69, 9.17) is 18.9 Å². The second kappa shape index (κ2) is 8.86. The molecule has 2 heterocycles. The first-order chi connectivity index (χ1) is 14.6. The van der Waals surface area contributed by atoms with Gasteiger partial charge in [-0.15, -0.1) is 0 Å². The smallest absolute Gasteiger partial charge is 0.326 e. The van der Waals surface area contributed by atoms with Crippen molar-refractivity contribution in [3.05, 3.63) is 48.0 Å². The summed E-state index contributed by atoms with van der Waals surface area (Å²) >= 11 is 0. The van der Waals surface area contributed by atoms with E-state index in [2.05, 4.69) is 0 Å². The number of benzene rings is 2. The Kier molecular flexibility index (Phi) is 5.83. The van der Waals surface area contributed by atoms with Crippen LogP contribution in [0, 0.1) is 0 Å².